The molecule has 100 heavy (non-hydrogen) atoms. The lowest BCUT2D eigenvalue weighted by Crippen LogP contribution is -2.30. The Morgan fingerprint density at radius 2 is 0.510 bits per heavy atom. The number of ether oxygens (including phenoxy) is 4. The highest BCUT2D eigenvalue weighted by Crippen LogP contribution is 2.45. The Morgan fingerprint density at radius 3 is 0.760 bits per heavy atom. The third-order valence-corrected chi connectivity index (χ3v) is 21.2. The second kappa shape index (κ2) is 72.6. The molecular weight excluding hydrogens is 1310 g/mol. The molecule has 0 aromatic carbocycles. The van der Waals surface area contributed by atoms with Gasteiger partial charge in [0.2, 0.25) is 0 Å². The van der Waals surface area contributed by atoms with Gasteiger partial charge >= 0.3 is 39.5 Å². The smallest absolute Gasteiger partial charge is 0.462 e. The van der Waals surface area contributed by atoms with E-state index in [-0.39, 0.29) is 25.7 Å². The fraction of sp³-hybridized carbons (Fsp3) is 0.951. The molecule has 0 saturated heterocycles. The molecule has 0 aliphatic heterocycles. The van der Waals surface area contributed by atoms with Crippen molar-refractivity contribution in [2.24, 2.45) is 11.8 Å². The molecule has 0 fully saturated rings. The Morgan fingerprint density at radius 1 is 0.290 bits per heavy atom. The maximum absolute atomic E-state index is 13.1. The Kier molecular flexibility index (Phi) is 71.2. The summed E-state index contributed by atoms with van der Waals surface area (Å²) >= 11 is 0. The first-order valence-electron chi connectivity index (χ1n) is 42.0. The Hall–Kier alpha value is -1.94. The summed E-state index contributed by atoms with van der Waals surface area (Å²) in [5, 5.41) is 10.6. The van der Waals surface area contributed by atoms with Crippen molar-refractivity contribution in [1.29, 1.82) is 0 Å². The lowest BCUT2D eigenvalue weighted by Gasteiger charge is -2.21. The molecule has 0 saturated carbocycles. The molecule has 0 aliphatic rings. The molecule has 0 aliphatic carbocycles. The molecule has 17 nitrogen and oxygen atoms in total. The first kappa shape index (κ1) is 98.1. The summed E-state index contributed by atoms with van der Waals surface area (Å²) in [5.41, 5.74) is 0. The summed E-state index contributed by atoms with van der Waals surface area (Å²) in [6.07, 6.45) is 62.4. The fourth-order valence-corrected chi connectivity index (χ4v) is 14.1. The fourth-order valence-electron chi connectivity index (χ4n) is 12.5. The first-order valence-corrected chi connectivity index (χ1v) is 45.0. The normalized spacial score (nSPS) is 14.2. The van der Waals surface area contributed by atoms with E-state index in [9.17, 15) is 43.2 Å². The number of phosphoric acid groups is 2. The van der Waals surface area contributed by atoms with Crippen LogP contribution in [0.2, 0.25) is 0 Å². The van der Waals surface area contributed by atoms with Gasteiger partial charge in [0.05, 0.1) is 26.4 Å². The number of aliphatic hydroxyl groups excluding tert-OH is 1. The van der Waals surface area contributed by atoms with Gasteiger partial charge in [-0.15, -0.1) is 0 Å². The highest BCUT2D eigenvalue weighted by Gasteiger charge is 2.30. The first-order chi connectivity index (χ1) is 48.4. The lowest BCUT2D eigenvalue weighted by molar-refractivity contribution is -0.161. The van der Waals surface area contributed by atoms with Crippen LogP contribution in [0.3, 0.4) is 0 Å². The topological polar surface area (TPSA) is 237 Å². The van der Waals surface area contributed by atoms with Gasteiger partial charge in [-0.05, 0) is 37.5 Å². The van der Waals surface area contributed by atoms with Crippen LogP contribution in [0.1, 0.15) is 427 Å². The average Bonchev–Trinajstić information content (AvgIpc) is 1.04. The molecular formula is C81H158O17P2. The summed E-state index contributed by atoms with van der Waals surface area (Å²) in [7, 11) is -9.92. The van der Waals surface area contributed by atoms with Gasteiger partial charge in [0.1, 0.15) is 19.3 Å². The van der Waals surface area contributed by atoms with Crippen molar-refractivity contribution in [2.45, 2.75) is 445 Å². The van der Waals surface area contributed by atoms with Gasteiger partial charge in [0.15, 0.2) is 12.2 Å². The highest BCUT2D eigenvalue weighted by molar-refractivity contribution is 7.47. The third kappa shape index (κ3) is 73.0. The molecule has 0 heterocycles. The molecule has 0 amide bonds. The molecule has 0 spiro atoms. The minimum Gasteiger partial charge on any atom is -0.462 e. The van der Waals surface area contributed by atoms with Crippen molar-refractivity contribution >= 4 is 39.5 Å². The van der Waals surface area contributed by atoms with Crippen LogP contribution in [0.25, 0.3) is 0 Å². The van der Waals surface area contributed by atoms with E-state index in [1.54, 1.807) is 0 Å². The number of aliphatic hydroxyl groups is 1. The van der Waals surface area contributed by atoms with Crippen molar-refractivity contribution < 1.29 is 80.2 Å². The third-order valence-electron chi connectivity index (χ3n) is 19.3. The zero-order valence-electron chi connectivity index (χ0n) is 65.5. The van der Waals surface area contributed by atoms with Gasteiger partial charge in [0, 0.05) is 25.7 Å². The second-order valence-electron chi connectivity index (χ2n) is 29.9. The number of esters is 4. The molecule has 594 valence electrons. The van der Waals surface area contributed by atoms with Gasteiger partial charge in [-0.2, -0.15) is 0 Å². The van der Waals surface area contributed by atoms with E-state index in [1.165, 1.54) is 238 Å². The Bertz CT molecular complexity index is 1930. The number of hydrogen-bond donors (Lipinski definition) is 3. The highest BCUT2D eigenvalue weighted by atomic mass is 31.2. The van der Waals surface area contributed by atoms with Gasteiger partial charge in [-0.1, -0.05) is 375 Å². The van der Waals surface area contributed by atoms with E-state index in [0.717, 1.165) is 102 Å². The largest absolute Gasteiger partial charge is 0.472 e. The summed E-state index contributed by atoms with van der Waals surface area (Å²) in [5.74, 6) is -0.553. The quantitative estimate of drug-likeness (QED) is 0.0222. The van der Waals surface area contributed by atoms with Crippen molar-refractivity contribution in [2.75, 3.05) is 39.6 Å². The standard InChI is InChI=1S/C81H158O17P2/c1-7-10-12-14-16-18-20-22-23-24-25-26-27-33-37-41-47-54-60-66-81(86)97-76(69-91-78(83)63-57-51-45-39-35-32-29-28-31-34-38-44-50-56-62-74(6)9-3)71-95-99(87,88)93-67-75(82)68-94-100(89,90)96-72-77(70-92-79(84)64-58-52-48-42-43-49-55-61-73(4)5)98-80(85)65-59-53-46-40-36-30-21-19-17-15-13-11-8-2/h73-77,82H,7-72H2,1-6H3,(H,87,88)(H,89,90)/t74?,75-,76-,77-/m1/s1. The van der Waals surface area contributed by atoms with E-state index in [2.05, 4.69) is 41.5 Å². The molecule has 0 rings (SSSR count). The van der Waals surface area contributed by atoms with E-state index < -0.39 is 97.5 Å². The predicted octanol–water partition coefficient (Wildman–Crippen LogP) is 24.3. The van der Waals surface area contributed by atoms with Crippen LogP contribution >= 0.6 is 15.6 Å². The van der Waals surface area contributed by atoms with Gasteiger partial charge in [-0.25, -0.2) is 9.13 Å². The average molecular weight is 1470 g/mol. The Balaban J connectivity index is 5.23. The summed E-state index contributed by atoms with van der Waals surface area (Å²) in [6.45, 7) is 9.64. The van der Waals surface area contributed by atoms with Crippen molar-refractivity contribution in [3.8, 4) is 0 Å². The van der Waals surface area contributed by atoms with Crippen LogP contribution < -0.4 is 0 Å². The van der Waals surface area contributed by atoms with Crippen LogP contribution in [0.15, 0.2) is 0 Å². The summed E-state index contributed by atoms with van der Waals surface area (Å²) < 4.78 is 68.7. The number of carbonyl (C=O) groups excluding carboxylic acids is 4. The molecule has 0 radical (unpaired) electrons. The van der Waals surface area contributed by atoms with Gasteiger partial charge in [0.25, 0.3) is 0 Å². The molecule has 3 unspecified atom stereocenters. The zero-order valence-corrected chi connectivity index (χ0v) is 67.3. The number of rotatable bonds is 80. The monoisotopic (exact) mass is 1470 g/mol. The summed E-state index contributed by atoms with van der Waals surface area (Å²) in [4.78, 5) is 73.0. The van der Waals surface area contributed by atoms with Crippen LogP contribution in [-0.2, 0) is 65.4 Å². The second-order valence-corrected chi connectivity index (χ2v) is 32.8. The van der Waals surface area contributed by atoms with Crippen LogP contribution in [0.4, 0.5) is 0 Å². The molecule has 0 bridgehead atoms. The van der Waals surface area contributed by atoms with E-state index in [1.807, 2.05) is 0 Å². The predicted molar refractivity (Wildman–Crippen MR) is 409 cm³/mol. The van der Waals surface area contributed by atoms with Crippen LogP contribution in [0, 0.1) is 11.8 Å². The van der Waals surface area contributed by atoms with Crippen LogP contribution in [0.5, 0.6) is 0 Å². The number of hydrogen-bond acceptors (Lipinski definition) is 15. The summed E-state index contributed by atoms with van der Waals surface area (Å²) in [6, 6.07) is 0. The van der Waals surface area contributed by atoms with E-state index in [0.29, 0.717) is 31.6 Å². The Labute approximate surface area is 613 Å². The SMILES string of the molecule is CCCCCCCCCCCCCCCCCCCCCC(=O)O[C@H](COC(=O)CCCCCCCCCCCCCCCCC(C)CC)COP(=O)(O)OC[C@@H](O)COP(=O)(O)OC[C@@H](COC(=O)CCCCCCCCCC(C)C)OC(=O)CCCCCCCCCCCCCCC. The van der Waals surface area contributed by atoms with Gasteiger partial charge in [-0.3, -0.25) is 37.3 Å². The maximum atomic E-state index is 13.1. The molecule has 0 aromatic heterocycles. The zero-order chi connectivity index (χ0) is 73.5. The number of carbonyl (C=O) groups is 4. The molecule has 0 aromatic rings. The minimum atomic E-state index is -4.96. The minimum absolute atomic E-state index is 0.107. The van der Waals surface area contributed by atoms with E-state index in [4.69, 9.17) is 37.0 Å². The lowest BCUT2D eigenvalue weighted by atomic mass is 9.99. The number of unbranched alkanes of at least 4 members (excludes halogenated alkanes) is 49. The van der Waals surface area contributed by atoms with Crippen molar-refractivity contribution in [3.63, 3.8) is 0 Å². The molecule has 19 heteroatoms. The van der Waals surface area contributed by atoms with Gasteiger partial charge < -0.3 is 33.8 Å². The maximum Gasteiger partial charge on any atom is 0.472 e. The molecule has 6 atom stereocenters. The van der Waals surface area contributed by atoms with Crippen molar-refractivity contribution in [1.82, 2.24) is 0 Å². The van der Waals surface area contributed by atoms with Crippen LogP contribution in [-0.4, -0.2) is 96.7 Å². The van der Waals surface area contributed by atoms with Crippen molar-refractivity contribution in [3.05, 3.63) is 0 Å². The molecule has 3 N–H and O–H groups in total. The number of phosphoric ester groups is 2. The van der Waals surface area contributed by atoms with E-state index >= 15 is 0 Å².